The highest BCUT2D eigenvalue weighted by atomic mass is 32.2. The van der Waals surface area contributed by atoms with E-state index in [-0.39, 0.29) is 29.7 Å². The molecule has 1 fully saturated rings. The van der Waals surface area contributed by atoms with Crippen LogP contribution in [0, 0.1) is 0 Å². The number of fused-ring (bicyclic) bond motifs is 1. The summed E-state index contributed by atoms with van der Waals surface area (Å²) in [6.07, 6.45) is 0. The minimum absolute atomic E-state index is 0.164. The van der Waals surface area contributed by atoms with Crippen LogP contribution in [0.5, 0.6) is 5.75 Å². The van der Waals surface area contributed by atoms with Crippen molar-refractivity contribution in [2.45, 2.75) is 18.3 Å². The number of β-lactam (4-membered cyclic amide) rings is 1. The summed E-state index contributed by atoms with van der Waals surface area (Å²) < 4.78 is 5.39. The third-order valence-electron chi connectivity index (χ3n) is 4.03. The molecular weight excluding hydrogens is 342 g/mol. The van der Waals surface area contributed by atoms with Crippen LogP contribution in [0.25, 0.3) is 0 Å². The molecule has 2 aliphatic heterocycles. The van der Waals surface area contributed by atoms with E-state index in [0.29, 0.717) is 17.2 Å². The summed E-state index contributed by atoms with van der Waals surface area (Å²) in [6, 6.07) is 8.36. The van der Waals surface area contributed by atoms with E-state index in [0.717, 1.165) is 5.57 Å². The number of nitrogens with one attached hydrogen (secondary N) is 2. The van der Waals surface area contributed by atoms with Gasteiger partial charge >= 0.3 is 0 Å². The summed E-state index contributed by atoms with van der Waals surface area (Å²) in [6.45, 7) is 1.67. The maximum Gasteiger partial charge on any atom is 0.267 e. The first kappa shape index (κ1) is 17.3. The lowest BCUT2D eigenvalue weighted by Gasteiger charge is -2.49. The molecule has 132 valence electrons. The number of nitrogens with zero attached hydrogens (tertiary/aromatic N) is 1. The monoisotopic (exact) mass is 361 g/mol. The van der Waals surface area contributed by atoms with Crippen molar-refractivity contribution in [3.05, 3.63) is 41.6 Å². The van der Waals surface area contributed by atoms with Gasteiger partial charge in [0, 0.05) is 12.8 Å². The Bertz CT molecular complexity index is 735. The number of thioether (sulfide) groups is 1. The Morgan fingerprint density at radius 1 is 1.32 bits per heavy atom. The lowest BCUT2D eigenvalue weighted by molar-refractivity contribution is -0.148. The zero-order chi connectivity index (χ0) is 18.0. The van der Waals surface area contributed by atoms with E-state index in [4.69, 9.17) is 4.74 Å². The van der Waals surface area contributed by atoms with Gasteiger partial charge in [-0.1, -0.05) is 18.2 Å². The molecule has 0 radical (unpaired) electrons. The second kappa shape index (κ2) is 7.18. The van der Waals surface area contributed by atoms with Gasteiger partial charge in [-0.05, 0) is 24.6 Å². The zero-order valence-corrected chi connectivity index (χ0v) is 14.8. The fraction of sp³-hybridized carbons (Fsp3) is 0.353. The number of likely N-dealkylation sites (N-methyl/N-ethyl adjacent to an activating group) is 1. The van der Waals surface area contributed by atoms with Crippen molar-refractivity contribution >= 4 is 29.5 Å². The summed E-state index contributed by atoms with van der Waals surface area (Å²) in [5, 5.41) is 4.99. The summed E-state index contributed by atoms with van der Waals surface area (Å²) >= 11 is 1.53. The van der Waals surface area contributed by atoms with Crippen LogP contribution < -0.4 is 15.4 Å². The smallest absolute Gasteiger partial charge is 0.267 e. The van der Waals surface area contributed by atoms with E-state index in [1.807, 2.05) is 25.1 Å². The maximum absolute atomic E-state index is 12.4. The predicted molar refractivity (Wildman–Crippen MR) is 93.7 cm³/mol. The minimum atomic E-state index is -0.635. The molecule has 0 spiro atoms. The lowest BCUT2D eigenvalue weighted by atomic mass is 10.0. The summed E-state index contributed by atoms with van der Waals surface area (Å²) in [4.78, 5) is 38.0. The Hall–Kier alpha value is -2.48. The van der Waals surface area contributed by atoms with Crippen LogP contribution in [0.1, 0.15) is 6.92 Å². The van der Waals surface area contributed by atoms with Gasteiger partial charge in [-0.15, -0.1) is 11.8 Å². The van der Waals surface area contributed by atoms with Crippen LogP contribution in [0.15, 0.2) is 41.6 Å². The number of para-hydroxylation sites is 1. The van der Waals surface area contributed by atoms with Crippen LogP contribution in [0.2, 0.25) is 0 Å². The number of carbonyl (C=O) groups is 3. The normalized spacial score (nSPS) is 22.0. The first-order chi connectivity index (χ1) is 12.0. The molecular formula is C17H19N3O4S. The van der Waals surface area contributed by atoms with Gasteiger partial charge in [-0.25, -0.2) is 0 Å². The molecule has 8 heteroatoms. The number of ether oxygens (including phenoxy) is 1. The molecule has 25 heavy (non-hydrogen) atoms. The Kier molecular flexibility index (Phi) is 4.98. The van der Waals surface area contributed by atoms with Crippen molar-refractivity contribution in [3.8, 4) is 5.75 Å². The highest BCUT2D eigenvalue weighted by Crippen LogP contribution is 2.40. The van der Waals surface area contributed by atoms with Crippen molar-refractivity contribution in [2.24, 2.45) is 0 Å². The van der Waals surface area contributed by atoms with E-state index in [9.17, 15) is 14.4 Å². The first-order valence-electron chi connectivity index (χ1n) is 7.86. The standard InChI is InChI=1S/C17H19N3O4S/c1-10-9-25-17-13(16(23)20(17)14(10)15(22)18-2)19-12(21)8-24-11-6-4-3-5-7-11/h3-7,13,17H,8-9H2,1-2H3,(H,18,22)(H,19,21)/t13-,17-/m1/s1. The highest BCUT2D eigenvalue weighted by molar-refractivity contribution is 8.00. The number of carbonyl (C=O) groups excluding carboxylic acids is 3. The molecule has 0 aromatic heterocycles. The van der Waals surface area contributed by atoms with Crippen molar-refractivity contribution in [1.82, 2.24) is 15.5 Å². The largest absolute Gasteiger partial charge is 0.484 e. The molecule has 0 bridgehead atoms. The fourth-order valence-corrected chi connectivity index (χ4v) is 4.08. The van der Waals surface area contributed by atoms with Gasteiger partial charge in [-0.2, -0.15) is 0 Å². The molecule has 3 amide bonds. The zero-order valence-electron chi connectivity index (χ0n) is 13.9. The topological polar surface area (TPSA) is 87.7 Å². The van der Waals surface area contributed by atoms with E-state index < -0.39 is 6.04 Å². The average molecular weight is 361 g/mol. The summed E-state index contributed by atoms with van der Waals surface area (Å²) in [5.74, 6) is 0.308. The molecule has 2 aliphatic rings. The number of amides is 3. The van der Waals surface area contributed by atoms with Gasteiger partial charge in [0.2, 0.25) is 0 Å². The van der Waals surface area contributed by atoms with Crippen LogP contribution in [0.3, 0.4) is 0 Å². The molecule has 0 unspecified atom stereocenters. The Balaban J connectivity index is 1.60. The molecule has 0 saturated carbocycles. The van der Waals surface area contributed by atoms with E-state index >= 15 is 0 Å². The molecule has 2 atom stereocenters. The first-order valence-corrected chi connectivity index (χ1v) is 8.91. The summed E-state index contributed by atoms with van der Waals surface area (Å²) in [7, 11) is 1.53. The molecule has 2 N–H and O–H groups in total. The van der Waals surface area contributed by atoms with E-state index in [1.54, 1.807) is 12.1 Å². The fourth-order valence-electron chi connectivity index (χ4n) is 2.79. The Morgan fingerprint density at radius 3 is 2.72 bits per heavy atom. The van der Waals surface area contributed by atoms with Gasteiger partial charge in [-0.3, -0.25) is 19.3 Å². The van der Waals surface area contributed by atoms with Gasteiger partial charge < -0.3 is 15.4 Å². The molecule has 7 nitrogen and oxygen atoms in total. The minimum Gasteiger partial charge on any atom is -0.484 e. The molecule has 1 aromatic carbocycles. The van der Waals surface area contributed by atoms with E-state index in [1.165, 1.54) is 23.7 Å². The van der Waals surface area contributed by atoms with Crippen LogP contribution in [0.4, 0.5) is 0 Å². The lowest BCUT2D eigenvalue weighted by Crippen LogP contribution is -2.71. The van der Waals surface area contributed by atoms with Crippen molar-refractivity contribution in [3.63, 3.8) is 0 Å². The predicted octanol–water partition coefficient (Wildman–Crippen LogP) is 0.485. The quantitative estimate of drug-likeness (QED) is 0.745. The van der Waals surface area contributed by atoms with Crippen molar-refractivity contribution < 1.29 is 19.1 Å². The highest BCUT2D eigenvalue weighted by Gasteiger charge is 2.53. The van der Waals surface area contributed by atoms with Crippen molar-refractivity contribution in [1.29, 1.82) is 0 Å². The number of benzene rings is 1. The molecule has 2 heterocycles. The second-order valence-corrected chi connectivity index (χ2v) is 6.87. The molecule has 1 saturated heterocycles. The maximum atomic E-state index is 12.4. The average Bonchev–Trinajstić information content (AvgIpc) is 2.64. The molecule has 1 aromatic rings. The van der Waals surface area contributed by atoms with Crippen LogP contribution >= 0.6 is 11.8 Å². The van der Waals surface area contributed by atoms with Crippen LogP contribution in [-0.4, -0.2) is 53.4 Å². The number of hydrogen-bond donors (Lipinski definition) is 2. The van der Waals surface area contributed by atoms with Crippen LogP contribution in [-0.2, 0) is 14.4 Å². The third kappa shape index (κ3) is 3.34. The van der Waals surface area contributed by atoms with Crippen molar-refractivity contribution in [2.75, 3.05) is 19.4 Å². The van der Waals surface area contributed by atoms with Gasteiger partial charge in [0.05, 0.1) is 0 Å². The van der Waals surface area contributed by atoms with Gasteiger partial charge in [0.1, 0.15) is 22.9 Å². The van der Waals surface area contributed by atoms with E-state index in [2.05, 4.69) is 10.6 Å². The Morgan fingerprint density at radius 2 is 2.04 bits per heavy atom. The third-order valence-corrected chi connectivity index (χ3v) is 5.45. The summed E-state index contributed by atoms with van der Waals surface area (Å²) in [5.41, 5.74) is 1.24. The Labute approximate surface area is 149 Å². The SMILES string of the molecule is CNC(=O)C1=C(C)CS[C@@H]2[C@H](NC(=O)COc3ccccc3)C(=O)N12. The molecule has 0 aliphatic carbocycles. The second-order valence-electron chi connectivity index (χ2n) is 5.76. The van der Waals surface area contributed by atoms with Gasteiger partial charge in [0.15, 0.2) is 6.61 Å². The molecule has 3 rings (SSSR count). The van der Waals surface area contributed by atoms with Gasteiger partial charge in [0.25, 0.3) is 17.7 Å². The number of rotatable bonds is 5. The number of hydrogen-bond acceptors (Lipinski definition) is 5.